The van der Waals surface area contributed by atoms with Crippen LogP contribution in [0.4, 0.5) is 5.69 Å². The second kappa shape index (κ2) is 7.80. The third kappa shape index (κ3) is 3.90. The molecule has 0 fully saturated rings. The van der Waals surface area contributed by atoms with E-state index in [-0.39, 0.29) is 11.8 Å². The zero-order valence-corrected chi connectivity index (χ0v) is 14.7. The molecular formula is C20H16ClN3O2. The fourth-order valence-electron chi connectivity index (χ4n) is 2.48. The highest BCUT2D eigenvalue weighted by Gasteiger charge is 2.07. The van der Waals surface area contributed by atoms with Crippen molar-refractivity contribution in [1.82, 2.24) is 10.3 Å². The molecule has 0 saturated carbocycles. The van der Waals surface area contributed by atoms with Crippen LogP contribution in [0.25, 0.3) is 17.0 Å². The standard InChI is InChI=1S/C20H16ClN3O2/c1-22-20(26)14-7-4-13(5-8-14)6-11-18(25)24-17-10-9-16(21)19-15(17)3-2-12-23-19/h2-12H,1H3,(H,22,26)(H,24,25). The molecular weight excluding hydrogens is 350 g/mol. The van der Waals surface area contributed by atoms with E-state index < -0.39 is 0 Å². The number of benzene rings is 2. The summed E-state index contributed by atoms with van der Waals surface area (Å²) in [6, 6.07) is 14.0. The zero-order chi connectivity index (χ0) is 18.5. The number of pyridine rings is 1. The van der Waals surface area contributed by atoms with Gasteiger partial charge >= 0.3 is 0 Å². The number of amides is 2. The van der Waals surface area contributed by atoms with Gasteiger partial charge in [0.05, 0.1) is 16.2 Å². The minimum atomic E-state index is -0.271. The molecule has 2 amide bonds. The Morgan fingerprint density at radius 3 is 2.58 bits per heavy atom. The van der Waals surface area contributed by atoms with Gasteiger partial charge in [0.25, 0.3) is 5.91 Å². The van der Waals surface area contributed by atoms with Crippen molar-refractivity contribution in [2.75, 3.05) is 12.4 Å². The maximum Gasteiger partial charge on any atom is 0.251 e. The Hall–Kier alpha value is -3.18. The highest BCUT2D eigenvalue weighted by atomic mass is 35.5. The molecule has 0 spiro atoms. The largest absolute Gasteiger partial charge is 0.355 e. The predicted octanol–water partition coefficient (Wildman–Crippen LogP) is 3.90. The lowest BCUT2D eigenvalue weighted by molar-refractivity contribution is -0.111. The van der Waals surface area contributed by atoms with E-state index >= 15 is 0 Å². The molecule has 0 saturated heterocycles. The van der Waals surface area contributed by atoms with Crippen LogP contribution < -0.4 is 10.6 Å². The lowest BCUT2D eigenvalue weighted by Crippen LogP contribution is -2.17. The molecule has 0 radical (unpaired) electrons. The van der Waals surface area contributed by atoms with Gasteiger partial charge in [-0.05, 0) is 48.0 Å². The lowest BCUT2D eigenvalue weighted by atomic mass is 10.1. The van der Waals surface area contributed by atoms with Crippen LogP contribution in [0.15, 0.2) is 60.8 Å². The van der Waals surface area contributed by atoms with Crippen molar-refractivity contribution >= 4 is 46.1 Å². The molecule has 26 heavy (non-hydrogen) atoms. The molecule has 3 rings (SSSR count). The summed E-state index contributed by atoms with van der Waals surface area (Å²) >= 11 is 6.13. The van der Waals surface area contributed by atoms with Crippen LogP contribution in [0.1, 0.15) is 15.9 Å². The first-order chi connectivity index (χ1) is 12.6. The molecule has 0 bridgehead atoms. The van der Waals surface area contributed by atoms with Gasteiger partial charge in [-0.15, -0.1) is 0 Å². The second-order valence-corrected chi connectivity index (χ2v) is 5.93. The molecule has 5 nitrogen and oxygen atoms in total. The Morgan fingerprint density at radius 1 is 1.08 bits per heavy atom. The summed E-state index contributed by atoms with van der Waals surface area (Å²) in [6.07, 6.45) is 4.77. The molecule has 1 heterocycles. The number of carbonyl (C=O) groups is 2. The molecule has 0 aliphatic rings. The van der Waals surface area contributed by atoms with Crippen LogP contribution in [-0.2, 0) is 4.79 Å². The molecule has 1 aromatic heterocycles. The number of hydrogen-bond donors (Lipinski definition) is 2. The van der Waals surface area contributed by atoms with Crippen molar-refractivity contribution in [2.45, 2.75) is 0 Å². The normalized spacial score (nSPS) is 10.8. The third-order valence-corrected chi connectivity index (χ3v) is 4.11. The summed E-state index contributed by atoms with van der Waals surface area (Å²) in [5.41, 5.74) is 2.66. The Bertz CT molecular complexity index is 998. The van der Waals surface area contributed by atoms with E-state index in [1.165, 1.54) is 6.08 Å². The van der Waals surface area contributed by atoms with Crippen LogP contribution in [0.5, 0.6) is 0 Å². The van der Waals surface area contributed by atoms with E-state index in [9.17, 15) is 9.59 Å². The number of nitrogens with zero attached hydrogens (tertiary/aromatic N) is 1. The van der Waals surface area contributed by atoms with Crippen molar-refractivity contribution in [3.8, 4) is 0 Å². The van der Waals surface area contributed by atoms with E-state index in [0.29, 0.717) is 21.8 Å². The Labute approximate surface area is 155 Å². The van der Waals surface area contributed by atoms with Crippen molar-refractivity contribution in [3.05, 3.63) is 77.0 Å². The van der Waals surface area contributed by atoms with Gasteiger partial charge in [-0.3, -0.25) is 14.6 Å². The SMILES string of the molecule is CNC(=O)c1ccc(C=CC(=O)Nc2ccc(Cl)c3ncccc23)cc1. The zero-order valence-electron chi connectivity index (χ0n) is 14.0. The van der Waals surface area contributed by atoms with Gasteiger partial charge in [0.15, 0.2) is 0 Å². The van der Waals surface area contributed by atoms with Gasteiger partial charge in [0, 0.05) is 30.3 Å². The summed E-state index contributed by atoms with van der Waals surface area (Å²) in [5.74, 6) is -0.422. The molecule has 3 aromatic rings. The summed E-state index contributed by atoms with van der Waals surface area (Å²) in [6.45, 7) is 0. The van der Waals surface area contributed by atoms with Crippen LogP contribution >= 0.6 is 11.6 Å². The fourth-order valence-corrected chi connectivity index (χ4v) is 2.70. The van der Waals surface area contributed by atoms with E-state index in [0.717, 1.165) is 10.9 Å². The number of aromatic nitrogens is 1. The third-order valence-electron chi connectivity index (χ3n) is 3.81. The molecule has 0 aliphatic heterocycles. The quantitative estimate of drug-likeness (QED) is 0.689. The van der Waals surface area contributed by atoms with E-state index in [1.807, 2.05) is 6.07 Å². The number of hydrogen-bond acceptors (Lipinski definition) is 3. The highest BCUT2D eigenvalue weighted by molar-refractivity contribution is 6.35. The second-order valence-electron chi connectivity index (χ2n) is 5.52. The van der Waals surface area contributed by atoms with Crippen LogP contribution in [0, 0.1) is 0 Å². The van der Waals surface area contributed by atoms with Gasteiger partial charge in [-0.1, -0.05) is 23.7 Å². The molecule has 0 atom stereocenters. The molecule has 2 N–H and O–H groups in total. The van der Waals surface area contributed by atoms with Crippen molar-refractivity contribution < 1.29 is 9.59 Å². The van der Waals surface area contributed by atoms with Crippen LogP contribution in [0.2, 0.25) is 5.02 Å². The van der Waals surface area contributed by atoms with E-state index in [4.69, 9.17) is 11.6 Å². The monoisotopic (exact) mass is 365 g/mol. The summed E-state index contributed by atoms with van der Waals surface area (Å²) in [7, 11) is 1.58. The number of rotatable bonds is 4. The number of carbonyl (C=O) groups excluding carboxylic acids is 2. The number of halogens is 1. The Balaban J connectivity index is 1.74. The number of anilines is 1. The predicted molar refractivity (Wildman–Crippen MR) is 104 cm³/mol. The smallest absolute Gasteiger partial charge is 0.251 e. The van der Waals surface area contributed by atoms with Gasteiger partial charge in [0.2, 0.25) is 5.91 Å². The van der Waals surface area contributed by atoms with Crippen molar-refractivity contribution in [1.29, 1.82) is 0 Å². The first-order valence-electron chi connectivity index (χ1n) is 7.93. The van der Waals surface area contributed by atoms with E-state index in [2.05, 4.69) is 15.6 Å². The highest BCUT2D eigenvalue weighted by Crippen LogP contribution is 2.27. The maximum atomic E-state index is 12.2. The van der Waals surface area contributed by atoms with Crippen molar-refractivity contribution in [3.63, 3.8) is 0 Å². The molecule has 130 valence electrons. The lowest BCUT2D eigenvalue weighted by Gasteiger charge is -2.07. The first-order valence-corrected chi connectivity index (χ1v) is 8.31. The molecule has 0 unspecified atom stereocenters. The molecule has 6 heteroatoms. The van der Waals surface area contributed by atoms with E-state index in [1.54, 1.807) is 61.8 Å². The van der Waals surface area contributed by atoms with Crippen LogP contribution in [-0.4, -0.2) is 23.8 Å². The number of fused-ring (bicyclic) bond motifs is 1. The minimum Gasteiger partial charge on any atom is -0.355 e. The van der Waals surface area contributed by atoms with Gasteiger partial charge in [-0.25, -0.2) is 0 Å². The summed E-state index contributed by atoms with van der Waals surface area (Å²) < 4.78 is 0. The van der Waals surface area contributed by atoms with Gasteiger partial charge in [-0.2, -0.15) is 0 Å². The maximum absolute atomic E-state index is 12.2. The first kappa shape index (κ1) is 17.6. The average Bonchev–Trinajstić information content (AvgIpc) is 2.68. The Kier molecular flexibility index (Phi) is 5.29. The topological polar surface area (TPSA) is 71.1 Å². The van der Waals surface area contributed by atoms with Crippen molar-refractivity contribution in [2.24, 2.45) is 0 Å². The number of nitrogens with one attached hydrogen (secondary N) is 2. The molecule has 2 aromatic carbocycles. The van der Waals surface area contributed by atoms with Gasteiger partial charge < -0.3 is 10.6 Å². The van der Waals surface area contributed by atoms with Gasteiger partial charge in [0.1, 0.15) is 0 Å². The Morgan fingerprint density at radius 2 is 1.85 bits per heavy atom. The van der Waals surface area contributed by atoms with Crippen LogP contribution in [0.3, 0.4) is 0 Å². The fraction of sp³-hybridized carbons (Fsp3) is 0.0500. The average molecular weight is 366 g/mol. The summed E-state index contributed by atoms with van der Waals surface area (Å²) in [5, 5.41) is 6.70. The minimum absolute atomic E-state index is 0.151. The molecule has 0 aliphatic carbocycles. The summed E-state index contributed by atoms with van der Waals surface area (Å²) in [4.78, 5) is 28.0.